The summed E-state index contributed by atoms with van der Waals surface area (Å²) in [7, 11) is 1.92. The summed E-state index contributed by atoms with van der Waals surface area (Å²) >= 11 is 0. The van der Waals surface area contributed by atoms with Crippen LogP contribution < -0.4 is 10.1 Å². The van der Waals surface area contributed by atoms with Gasteiger partial charge in [-0.25, -0.2) is 0 Å². The fraction of sp³-hybridized carbons (Fsp3) is 0.471. The van der Waals surface area contributed by atoms with E-state index in [1.807, 2.05) is 19.4 Å². The topological polar surface area (TPSA) is 39.1 Å². The zero-order chi connectivity index (χ0) is 14.7. The maximum Gasteiger partial charge on any atom is 0.120 e. The Morgan fingerprint density at radius 1 is 1.43 bits per heavy atom. The summed E-state index contributed by atoms with van der Waals surface area (Å²) in [6.07, 6.45) is 7.47. The van der Waals surface area contributed by atoms with Crippen LogP contribution in [-0.2, 0) is 20.1 Å². The summed E-state index contributed by atoms with van der Waals surface area (Å²) in [6.45, 7) is 3.76. The van der Waals surface area contributed by atoms with Crippen molar-refractivity contribution in [2.24, 2.45) is 7.05 Å². The van der Waals surface area contributed by atoms with Gasteiger partial charge in [0.15, 0.2) is 0 Å². The van der Waals surface area contributed by atoms with Gasteiger partial charge >= 0.3 is 0 Å². The highest BCUT2D eigenvalue weighted by molar-refractivity contribution is 5.39. The molecule has 0 saturated carbocycles. The first-order valence-corrected chi connectivity index (χ1v) is 7.73. The fourth-order valence-corrected chi connectivity index (χ4v) is 3.05. The molecular formula is C17H23N3O. The van der Waals surface area contributed by atoms with Crippen molar-refractivity contribution in [3.63, 3.8) is 0 Å². The van der Waals surface area contributed by atoms with Crippen molar-refractivity contribution in [1.82, 2.24) is 15.1 Å². The molecule has 1 unspecified atom stereocenters. The van der Waals surface area contributed by atoms with E-state index in [4.69, 9.17) is 4.74 Å². The highest BCUT2D eigenvalue weighted by Crippen LogP contribution is 2.32. The molecule has 2 aromatic rings. The molecule has 4 heteroatoms. The van der Waals surface area contributed by atoms with E-state index in [9.17, 15) is 0 Å². The summed E-state index contributed by atoms with van der Waals surface area (Å²) in [5, 5.41) is 7.73. The minimum absolute atomic E-state index is 0.506. The normalized spacial score (nSPS) is 17.5. The summed E-state index contributed by atoms with van der Waals surface area (Å²) in [5.74, 6) is 0.953. The second-order valence-corrected chi connectivity index (χ2v) is 5.67. The number of nitrogens with one attached hydrogen (secondary N) is 1. The molecule has 3 rings (SSSR count). The van der Waals surface area contributed by atoms with Gasteiger partial charge in [-0.1, -0.05) is 13.0 Å². The SMILES string of the molecule is CCNC1CCCc2cc(OCc3cnn(C)c3)ccc21. The van der Waals surface area contributed by atoms with Gasteiger partial charge in [0, 0.05) is 24.8 Å². The molecule has 1 heterocycles. The van der Waals surface area contributed by atoms with Crippen molar-refractivity contribution < 1.29 is 4.74 Å². The molecule has 4 nitrogen and oxygen atoms in total. The molecule has 0 bridgehead atoms. The quantitative estimate of drug-likeness (QED) is 0.918. The van der Waals surface area contributed by atoms with Crippen LogP contribution in [-0.4, -0.2) is 16.3 Å². The lowest BCUT2D eigenvalue weighted by molar-refractivity contribution is 0.305. The lowest BCUT2D eigenvalue weighted by Gasteiger charge is -2.26. The summed E-state index contributed by atoms with van der Waals surface area (Å²) in [4.78, 5) is 0. The van der Waals surface area contributed by atoms with E-state index in [0.29, 0.717) is 12.6 Å². The molecule has 1 aromatic heterocycles. The Morgan fingerprint density at radius 3 is 3.10 bits per heavy atom. The standard InChI is InChI=1S/C17H23N3O/c1-3-18-17-6-4-5-14-9-15(7-8-16(14)17)21-12-13-10-19-20(2)11-13/h7-11,17-18H,3-6,12H2,1-2H3. The fourth-order valence-electron chi connectivity index (χ4n) is 3.05. The van der Waals surface area contributed by atoms with E-state index < -0.39 is 0 Å². The lowest BCUT2D eigenvalue weighted by Crippen LogP contribution is -2.24. The van der Waals surface area contributed by atoms with Crippen LogP contribution in [0.1, 0.15) is 42.5 Å². The summed E-state index contributed by atoms with van der Waals surface area (Å²) in [6, 6.07) is 7.02. The zero-order valence-electron chi connectivity index (χ0n) is 12.8. The molecule has 1 aliphatic rings. The second kappa shape index (κ2) is 6.31. The van der Waals surface area contributed by atoms with Gasteiger partial charge in [-0.05, 0) is 49.1 Å². The number of fused-ring (bicyclic) bond motifs is 1. The van der Waals surface area contributed by atoms with Crippen molar-refractivity contribution in [1.29, 1.82) is 0 Å². The molecule has 1 aromatic carbocycles. The average molecular weight is 285 g/mol. The highest BCUT2D eigenvalue weighted by atomic mass is 16.5. The van der Waals surface area contributed by atoms with Gasteiger partial charge < -0.3 is 10.1 Å². The first-order chi connectivity index (χ1) is 10.3. The van der Waals surface area contributed by atoms with Gasteiger partial charge in [-0.3, -0.25) is 4.68 Å². The minimum Gasteiger partial charge on any atom is -0.489 e. The Kier molecular flexibility index (Phi) is 4.25. The molecule has 21 heavy (non-hydrogen) atoms. The average Bonchev–Trinajstić information content (AvgIpc) is 2.91. The Bertz CT molecular complexity index is 606. The monoisotopic (exact) mass is 285 g/mol. The first-order valence-electron chi connectivity index (χ1n) is 7.73. The van der Waals surface area contributed by atoms with Crippen molar-refractivity contribution in [2.45, 2.75) is 38.8 Å². The molecule has 112 valence electrons. The third-order valence-electron chi connectivity index (χ3n) is 4.04. The van der Waals surface area contributed by atoms with E-state index in [1.54, 1.807) is 4.68 Å². The minimum atomic E-state index is 0.506. The smallest absolute Gasteiger partial charge is 0.120 e. The third-order valence-corrected chi connectivity index (χ3v) is 4.04. The van der Waals surface area contributed by atoms with Crippen LogP contribution in [0.25, 0.3) is 0 Å². The van der Waals surface area contributed by atoms with Crippen LogP contribution in [0.2, 0.25) is 0 Å². The number of aryl methyl sites for hydroxylation is 2. The Balaban J connectivity index is 1.70. The van der Waals surface area contributed by atoms with Crippen LogP contribution in [0, 0.1) is 0 Å². The molecular weight excluding hydrogens is 262 g/mol. The number of hydrogen-bond acceptors (Lipinski definition) is 3. The van der Waals surface area contributed by atoms with Crippen LogP contribution >= 0.6 is 0 Å². The molecule has 0 saturated heterocycles. The van der Waals surface area contributed by atoms with Gasteiger partial charge in [0.25, 0.3) is 0 Å². The number of benzene rings is 1. The number of aromatic nitrogens is 2. The predicted octanol–water partition coefficient (Wildman–Crippen LogP) is 2.99. The van der Waals surface area contributed by atoms with Gasteiger partial charge in [-0.2, -0.15) is 5.10 Å². The molecule has 0 spiro atoms. The molecule has 0 radical (unpaired) electrons. The van der Waals surface area contributed by atoms with E-state index in [0.717, 1.165) is 24.3 Å². The van der Waals surface area contributed by atoms with Gasteiger partial charge in [0.2, 0.25) is 0 Å². The molecule has 1 aliphatic carbocycles. The second-order valence-electron chi connectivity index (χ2n) is 5.67. The number of hydrogen-bond donors (Lipinski definition) is 1. The van der Waals surface area contributed by atoms with Crippen molar-refractivity contribution in [3.8, 4) is 5.75 Å². The van der Waals surface area contributed by atoms with E-state index in [1.165, 1.54) is 24.0 Å². The highest BCUT2D eigenvalue weighted by Gasteiger charge is 2.19. The van der Waals surface area contributed by atoms with Gasteiger partial charge in [0.1, 0.15) is 12.4 Å². The number of ether oxygens (including phenoxy) is 1. The summed E-state index contributed by atoms with van der Waals surface area (Å²) < 4.78 is 7.69. The maximum atomic E-state index is 5.89. The van der Waals surface area contributed by atoms with Crippen LogP contribution in [0.4, 0.5) is 0 Å². The Hall–Kier alpha value is -1.81. The molecule has 0 amide bonds. The van der Waals surface area contributed by atoms with Crippen LogP contribution in [0.5, 0.6) is 5.75 Å². The maximum absolute atomic E-state index is 5.89. The van der Waals surface area contributed by atoms with Crippen molar-refractivity contribution in [2.75, 3.05) is 6.54 Å². The molecule has 0 fully saturated rings. The summed E-state index contributed by atoms with van der Waals surface area (Å²) in [5.41, 5.74) is 3.97. The van der Waals surface area contributed by atoms with Gasteiger partial charge in [-0.15, -0.1) is 0 Å². The number of rotatable bonds is 5. The molecule has 1 N–H and O–H groups in total. The Labute approximate surface area is 126 Å². The van der Waals surface area contributed by atoms with E-state index in [2.05, 4.69) is 35.5 Å². The molecule has 0 aliphatic heterocycles. The van der Waals surface area contributed by atoms with Crippen molar-refractivity contribution >= 4 is 0 Å². The van der Waals surface area contributed by atoms with E-state index >= 15 is 0 Å². The lowest BCUT2D eigenvalue weighted by atomic mass is 9.87. The third kappa shape index (κ3) is 3.27. The Morgan fingerprint density at radius 2 is 2.33 bits per heavy atom. The van der Waals surface area contributed by atoms with Crippen molar-refractivity contribution in [3.05, 3.63) is 47.3 Å². The zero-order valence-corrected chi connectivity index (χ0v) is 12.8. The predicted molar refractivity (Wildman–Crippen MR) is 83.3 cm³/mol. The largest absolute Gasteiger partial charge is 0.489 e. The van der Waals surface area contributed by atoms with E-state index in [-0.39, 0.29) is 0 Å². The number of nitrogens with zero attached hydrogens (tertiary/aromatic N) is 2. The first kappa shape index (κ1) is 14.1. The van der Waals surface area contributed by atoms with Gasteiger partial charge in [0.05, 0.1) is 6.20 Å². The van der Waals surface area contributed by atoms with Crippen LogP contribution in [0.15, 0.2) is 30.6 Å². The van der Waals surface area contributed by atoms with Crippen LogP contribution in [0.3, 0.4) is 0 Å². The molecule has 1 atom stereocenters.